The van der Waals surface area contributed by atoms with Gasteiger partial charge in [0, 0.05) is 32.9 Å². The van der Waals surface area contributed by atoms with Crippen molar-refractivity contribution in [3.05, 3.63) is 18.0 Å². The van der Waals surface area contributed by atoms with Crippen LogP contribution in [0.15, 0.2) is 17.4 Å². The number of nitrogens with zero attached hydrogens (tertiary/aromatic N) is 4. The lowest BCUT2D eigenvalue weighted by molar-refractivity contribution is 0.277. The minimum Gasteiger partial charge on any atom is -0.370 e. The van der Waals surface area contributed by atoms with E-state index in [1.807, 2.05) is 24.1 Å². The number of guanidine groups is 1. The average molecular weight is 249 g/mol. The van der Waals surface area contributed by atoms with Gasteiger partial charge in [0.05, 0.1) is 6.20 Å². The third kappa shape index (κ3) is 3.48. The summed E-state index contributed by atoms with van der Waals surface area (Å²) >= 11 is 0. The van der Waals surface area contributed by atoms with Gasteiger partial charge in [-0.05, 0) is 30.7 Å². The van der Waals surface area contributed by atoms with Gasteiger partial charge in [-0.3, -0.25) is 9.67 Å². The maximum absolute atomic E-state index is 6.02. The molecule has 5 heteroatoms. The van der Waals surface area contributed by atoms with Crippen molar-refractivity contribution in [3.63, 3.8) is 0 Å². The van der Waals surface area contributed by atoms with Gasteiger partial charge < -0.3 is 10.6 Å². The van der Waals surface area contributed by atoms with Gasteiger partial charge in [-0.25, -0.2) is 0 Å². The van der Waals surface area contributed by atoms with Crippen molar-refractivity contribution >= 4 is 5.96 Å². The summed E-state index contributed by atoms with van der Waals surface area (Å²) in [6.45, 7) is 5.13. The van der Waals surface area contributed by atoms with Crippen LogP contribution in [0.3, 0.4) is 0 Å². The van der Waals surface area contributed by atoms with Crippen molar-refractivity contribution in [1.82, 2.24) is 14.7 Å². The minimum absolute atomic E-state index is 0.700. The Morgan fingerprint density at radius 2 is 2.22 bits per heavy atom. The molecule has 0 aromatic carbocycles. The molecule has 0 bridgehead atoms. The Kier molecular flexibility index (Phi) is 4.23. The van der Waals surface area contributed by atoms with Crippen LogP contribution in [0.2, 0.25) is 0 Å². The number of aryl methyl sites for hydroxylation is 1. The van der Waals surface area contributed by atoms with Gasteiger partial charge in [0.1, 0.15) is 0 Å². The molecular weight excluding hydrogens is 226 g/mol. The Balaban J connectivity index is 1.78. The first kappa shape index (κ1) is 12.9. The SMILES string of the molecule is CC1CCN(C(N)=NCCc2cnn(C)c2)CC1. The first-order valence-electron chi connectivity index (χ1n) is 6.67. The lowest BCUT2D eigenvalue weighted by Gasteiger charge is -2.31. The van der Waals surface area contributed by atoms with E-state index < -0.39 is 0 Å². The van der Waals surface area contributed by atoms with Crippen molar-refractivity contribution in [1.29, 1.82) is 0 Å². The van der Waals surface area contributed by atoms with Crippen molar-refractivity contribution in [3.8, 4) is 0 Å². The number of hydrogen-bond donors (Lipinski definition) is 1. The predicted molar refractivity (Wildman–Crippen MR) is 73.4 cm³/mol. The zero-order valence-corrected chi connectivity index (χ0v) is 11.3. The summed E-state index contributed by atoms with van der Waals surface area (Å²) in [5, 5.41) is 4.14. The molecule has 0 unspecified atom stereocenters. The Labute approximate surface area is 109 Å². The number of rotatable bonds is 3. The Morgan fingerprint density at radius 1 is 1.50 bits per heavy atom. The standard InChI is InChI=1S/C13H23N5/c1-11-4-7-18(8-5-11)13(14)15-6-3-12-9-16-17(2)10-12/h9-11H,3-8H2,1-2H3,(H2,14,15). The van der Waals surface area contributed by atoms with Crippen LogP contribution in [0.25, 0.3) is 0 Å². The summed E-state index contributed by atoms with van der Waals surface area (Å²) in [5.74, 6) is 1.52. The van der Waals surface area contributed by atoms with Gasteiger partial charge in [-0.15, -0.1) is 0 Å². The number of piperidine rings is 1. The molecule has 2 heterocycles. The van der Waals surface area contributed by atoms with E-state index in [1.54, 1.807) is 0 Å². The molecule has 2 N–H and O–H groups in total. The van der Waals surface area contributed by atoms with Crippen LogP contribution < -0.4 is 5.73 Å². The van der Waals surface area contributed by atoms with Gasteiger partial charge >= 0.3 is 0 Å². The van der Waals surface area contributed by atoms with Gasteiger partial charge in [0.25, 0.3) is 0 Å². The van der Waals surface area contributed by atoms with Gasteiger partial charge in [-0.2, -0.15) is 5.10 Å². The lowest BCUT2D eigenvalue weighted by Crippen LogP contribution is -2.42. The second-order valence-electron chi connectivity index (χ2n) is 5.18. The van der Waals surface area contributed by atoms with E-state index in [9.17, 15) is 0 Å². The van der Waals surface area contributed by atoms with Gasteiger partial charge in [0.15, 0.2) is 5.96 Å². The van der Waals surface area contributed by atoms with E-state index >= 15 is 0 Å². The van der Waals surface area contributed by atoms with E-state index in [1.165, 1.54) is 18.4 Å². The number of nitrogens with two attached hydrogens (primary N) is 1. The molecule has 0 saturated carbocycles. The smallest absolute Gasteiger partial charge is 0.191 e. The molecule has 0 amide bonds. The third-order valence-corrected chi connectivity index (χ3v) is 3.54. The van der Waals surface area contributed by atoms with E-state index in [2.05, 4.69) is 21.9 Å². The molecule has 18 heavy (non-hydrogen) atoms. The summed E-state index contributed by atoms with van der Waals surface area (Å²) in [7, 11) is 1.93. The lowest BCUT2D eigenvalue weighted by atomic mass is 10.00. The molecule has 0 aliphatic carbocycles. The number of hydrogen-bond acceptors (Lipinski definition) is 2. The number of aliphatic imine (C=N–C) groups is 1. The predicted octanol–water partition coefficient (Wildman–Crippen LogP) is 1.01. The molecule has 0 radical (unpaired) electrons. The first-order chi connectivity index (χ1) is 8.65. The summed E-state index contributed by atoms with van der Waals surface area (Å²) in [6.07, 6.45) is 7.25. The quantitative estimate of drug-likeness (QED) is 0.642. The third-order valence-electron chi connectivity index (χ3n) is 3.54. The van der Waals surface area contributed by atoms with E-state index in [4.69, 9.17) is 5.73 Å². The van der Waals surface area contributed by atoms with Crippen LogP contribution in [-0.2, 0) is 13.5 Å². The van der Waals surface area contributed by atoms with Crippen LogP contribution >= 0.6 is 0 Å². The van der Waals surface area contributed by atoms with Crippen LogP contribution in [0, 0.1) is 5.92 Å². The Bertz CT molecular complexity index is 401. The maximum Gasteiger partial charge on any atom is 0.191 e. The molecule has 1 saturated heterocycles. The minimum atomic E-state index is 0.700. The summed E-state index contributed by atoms with van der Waals surface area (Å²) in [4.78, 5) is 6.66. The summed E-state index contributed by atoms with van der Waals surface area (Å²) < 4.78 is 1.81. The Hall–Kier alpha value is -1.52. The van der Waals surface area contributed by atoms with Crippen molar-refractivity contribution in [2.45, 2.75) is 26.2 Å². The highest BCUT2D eigenvalue weighted by Crippen LogP contribution is 2.15. The van der Waals surface area contributed by atoms with Crippen LogP contribution in [0.5, 0.6) is 0 Å². The fraction of sp³-hybridized carbons (Fsp3) is 0.692. The maximum atomic E-state index is 6.02. The van der Waals surface area contributed by atoms with Crippen LogP contribution in [0.4, 0.5) is 0 Å². The first-order valence-corrected chi connectivity index (χ1v) is 6.67. The molecule has 1 aromatic rings. The zero-order valence-electron chi connectivity index (χ0n) is 11.3. The fourth-order valence-corrected chi connectivity index (χ4v) is 2.24. The molecule has 1 aliphatic rings. The molecule has 5 nitrogen and oxygen atoms in total. The zero-order chi connectivity index (χ0) is 13.0. The highest BCUT2D eigenvalue weighted by atomic mass is 15.3. The van der Waals surface area contributed by atoms with Gasteiger partial charge in [0.2, 0.25) is 0 Å². The van der Waals surface area contributed by atoms with Crippen molar-refractivity contribution in [2.24, 2.45) is 23.7 Å². The fourth-order valence-electron chi connectivity index (χ4n) is 2.24. The van der Waals surface area contributed by atoms with E-state index in [0.29, 0.717) is 5.96 Å². The molecule has 100 valence electrons. The Morgan fingerprint density at radius 3 is 2.83 bits per heavy atom. The van der Waals surface area contributed by atoms with Gasteiger partial charge in [-0.1, -0.05) is 6.92 Å². The monoisotopic (exact) mass is 249 g/mol. The van der Waals surface area contributed by atoms with E-state index in [0.717, 1.165) is 32.0 Å². The molecular formula is C13H23N5. The van der Waals surface area contributed by atoms with Crippen LogP contribution in [0.1, 0.15) is 25.3 Å². The topological polar surface area (TPSA) is 59.4 Å². The second kappa shape index (κ2) is 5.89. The van der Waals surface area contributed by atoms with Crippen LogP contribution in [-0.4, -0.2) is 40.3 Å². The van der Waals surface area contributed by atoms with Crippen molar-refractivity contribution < 1.29 is 0 Å². The molecule has 1 aromatic heterocycles. The number of likely N-dealkylation sites (tertiary alicyclic amines) is 1. The molecule has 2 rings (SSSR count). The average Bonchev–Trinajstić information content (AvgIpc) is 2.76. The highest BCUT2D eigenvalue weighted by Gasteiger charge is 2.16. The number of aromatic nitrogens is 2. The summed E-state index contributed by atoms with van der Waals surface area (Å²) in [5.41, 5.74) is 7.23. The normalized spacial score (nSPS) is 18.3. The molecule has 0 spiro atoms. The second-order valence-corrected chi connectivity index (χ2v) is 5.18. The largest absolute Gasteiger partial charge is 0.370 e. The molecule has 1 aliphatic heterocycles. The summed E-state index contributed by atoms with van der Waals surface area (Å²) in [6, 6.07) is 0. The molecule has 0 atom stereocenters. The molecule has 1 fully saturated rings. The van der Waals surface area contributed by atoms with E-state index in [-0.39, 0.29) is 0 Å². The highest BCUT2D eigenvalue weighted by molar-refractivity contribution is 5.78. The van der Waals surface area contributed by atoms with Crippen molar-refractivity contribution in [2.75, 3.05) is 19.6 Å².